The molecular formula is C29H38N6O8S. The molecule has 15 heteroatoms. The van der Waals surface area contributed by atoms with Crippen molar-refractivity contribution < 1.29 is 33.6 Å². The molecule has 1 fully saturated rings. The van der Waals surface area contributed by atoms with Crippen molar-refractivity contribution in [2.24, 2.45) is 17.8 Å². The standard InChI is InChI=1S/C29H38N6O8S/c1-16(2)13-22(26(38)32-21(14-19-9-10-30-25(19)37)24(36)28-31-11-12-44-28)33-27(39)23(17(3)4)34-29(40)43-15-18-5-7-20(8-6-18)35(41)42/h5-8,11-12,16-17,19,21-23H,9-10,13-15H2,1-4H3,(H,30,37)(H,32,38)(H,33,39)(H,34,40)/t19-,21-,22-,23-/m1/s1. The van der Waals surface area contributed by atoms with Gasteiger partial charge in [0.1, 0.15) is 18.7 Å². The van der Waals surface area contributed by atoms with Crippen molar-refractivity contribution >= 4 is 46.6 Å². The molecule has 1 saturated heterocycles. The third kappa shape index (κ3) is 9.82. The molecule has 2 aromatic rings. The van der Waals surface area contributed by atoms with Crippen LogP contribution in [0, 0.1) is 27.9 Å². The summed E-state index contributed by atoms with van der Waals surface area (Å²) in [5.74, 6) is -2.67. The third-order valence-corrected chi connectivity index (χ3v) is 7.83. The Morgan fingerprint density at radius 1 is 1.07 bits per heavy atom. The van der Waals surface area contributed by atoms with E-state index in [-0.39, 0.29) is 47.9 Å². The molecule has 0 radical (unpaired) electrons. The number of rotatable bonds is 15. The summed E-state index contributed by atoms with van der Waals surface area (Å²) in [6, 6.07) is 2.37. The lowest BCUT2D eigenvalue weighted by Gasteiger charge is -2.27. The number of carbonyl (C=O) groups is 5. The van der Waals surface area contributed by atoms with Crippen LogP contribution in [0.15, 0.2) is 35.8 Å². The number of nitrogens with zero attached hydrogens (tertiary/aromatic N) is 2. The summed E-state index contributed by atoms with van der Waals surface area (Å²) in [6.45, 7) is 7.49. The number of amides is 4. The van der Waals surface area contributed by atoms with Crippen molar-refractivity contribution in [2.45, 2.75) is 71.7 Å². The topological polar surface area (TPSA) is 199 Å². The number of carbonyl (C=O) groups excluding carboxylic acids is 5. The maximum Gasteiger partial charge on any atom is 0.408 e. The second-order valence-electron chi connectivity index (χ2n) is 11.3. The van der Waals surface area contributed by atoms with Crippen molar-refractivity contribution in [3.63, 3.8) is 0 Å². The molecule has 4 amide bonds. The van der Waals surface area contributed by atoms with E-state index in [1.807, 2.05) is 13.8 Å². The van der Waals surface area contributed by atoms with Crippen LogP contribution in [-0.4, -0.2) is 64.2 Å². The molecule has 0 spiro atoms. The molecule has 0 unspecified atom stereocenters. The van der Waals surface area contributed by atoms with Crippen molar-refractivity contribution in [1.82, 2.24) is 26.3 Å². The fraction of sp³-hybridized carbons (Fsp3) is 0.517. The number of hydrogen-bond acceptors (Lipinski definition) is 10. The molecule has 0 saturated carbocycles. The monoisotopic (exact) mass is 630 g/mol. The zero-order chi connectivity index (χ0) is 32.4. The number of aromatic nitrogens is 1. The van der Waals surface area contributed by atoms with Crippen LogP contribution in [0.1, 0.15) is 62.3 Å². The van der Waals surface area contributed by atoms with E-state index >= 15 is 0 Å². The summed E-state index contributed by atoms with van der Waals surface area (Å²) >= 11 is 1.13. The summed E-state index contributed by atoms with van der Waals surface area (Å²) in [6.07, 6.45) is 1.47. The Morgan fingerprint density at radius 3 is 2.30 bits per heavy atom. The molecule has 238 valence electrons. The summed E-state index contributed by atoms with van der Waals surface area (Å²) in [4.78, 5) is 79.3. The summed E-state index contributed by atoms with van der Waals surface area (Å²) < 4.78 is 5.21. The molecule has 4 N–H and O–H groups in total. The van der Waals surface area contributed by atoms with Crippen LogP contribution in [0.25, 0.3) is 0 Å². The normalized spacial score (nSPS) is 16.5. The van der Waals surface area contributed by atoms with E-state index in [0.29, 0.717) is 18.5 Å². The number of nitrogens with one attached hydrogen (secondary N) is 4. The van der Waals surface area contributed by atoms with Gasteiger partial charge in [0.25, 0.3) is 5.69 Å². The first kappa shape index (κ1) is 34.1. The van der Waals surface area contributed by atoms with E-state index in [1.54, 1.807) is 19.2 Å². The Kier molecular flexibility index (Phi) is 12.3. The molecule has 14 nitrogen and oxygen atoms in total. The minimum Gasteiger partial charge on any atom is -0.445 e. The average molecular weight is 631 g/mol. The number of Topliss-reactive ketones (excluding diaryl/α,β-unsaturated/α-hetero) is 1. The van der Waals surface area contributed by atoms with Gasteiger partial charge in [-0.1, -0.05) is 27.7 Å². The molecule has 3 rings (SSSR count). The quantitative estimate of drug-likeness (QED) is 0.130. The average Bonchev–Trinajstić information content (AvgIpc) is 3.65. The van der Waals surface area contributed by atoms with E-state index < -0.39 is 52.7 Å². The van der Waals surface area contributed by atoms with E-state index in [4.69, 9.17) is 4.74 Å². The Balaban J connectivity index is 1.67. The van der Waals surface area contributed by atoms with Gasteiger partial charge < -0.3 is 26.0 Å². The van der Waals surface area contributed by atoms with Gasteiger partial charge in [0.05, 0.1) is 11.0 Å². The second kappa shape index (κ2) is 15.9. The highest BCUT2D eigenvalue weighted by molar-refractivity contribution is 7.11. The number of hydrogen-bond donors (Lipinski definition) is 4. The number of alkyl carbamates (subject to hydrolysis) is 1. The van der Waals surface area contributed by atoms with Gasteiger partial charge >= 0.3 is 6.09 Å². The molecule has 1 aliphatic rings. The lowest BCUT2D eigenvalue weighted by Crippen LogP contribution is -2.57. The molecule has 1 aromatic carbocycles. The number of non-ortho nitro benzene ring substituents is 1. The minimum absolute atomic E-state index is 0.0168. The van der Waals surface area contributed by atoms with Crippen LogP contribution in [0.2, 0.25) is 0 Å². The highest BCUT2D eigenvalue weighted by Gasteiger charge is 2.35. The van der Waals surface area contributed by atoms with E-state index in [2.05, 4.69) is 26.3 Å². The zero-order valence-corrected chi connectivity index (χ0v) is 25.8. The first-order chi connectivity index (χ1) is 20.8. The highest BCUT2D eigenvalue weighted by Crippen LogP contribution is 2.20. The summed E-state index contributed by atoms with van der Waals surface area (Å²) in [5, 5.41) is 23.4. The number of nitro benzene ring substituents is 1. The molecule has 44 heavy (non-hydrogen) atoms. The molecule has 0 aliphatic carbocycles. The van der Waals surface area contributed by atoms with Gasteiger partial charge in [-0.25, -0.2) is 9.78 Å². The van der Waals surface area contributed by atoms with Crippen molar-refractivity contribution in [3.8, 4) is 0 Å². The number of thiazole rings is 1. The van der Waals surface area contributed by atoms with Crippen LogP contribution >= 0.6 is 11.3 Å². The van der Waals surface area contributed by atoms with Crippen LogP contribution in [0.3, 0.4) is 0 Å². The van der Waals surface area contributed by atoms with E-state index in [9.17, 15) is 34.1 Å². The van der Waals surface area contributed by atoms with Gasteiger partial charge in [0.15, 0.2) is 5.01 Å². The van der Waals surface area contributed by atoms with Gasteiger partial charge in [-0.2, -0.15) is 0 Å². The van der Waals surface area contributed by atoms with Crippen LogP contribution in [0.5, 0.6) is 0 Å². The smallest absolute Gasteiger partial charge is 0.408 e. The van der Waals surface area contributed by atoms with Gasteiger partial charge in [-0.05, 0) is 48.8 Å². The lowest BCUT2D eigenvalue weighted by atomic mass is 9.95. The van der Waals surface area contributed by atoms with Crippen molar-refractivity contribution in [1.29, 1.82) is 0 Å². The molecule has 2 heterocycles. The lowest BCUT2D eigenvalue weighted by molar-refractivity contribution is -0.384. The second-order valence-corrected chi connectivity index (χ2v) is 12.2. The van der Waals surface area contributed by atoms with Crippen molar-refractivity contribution in [2.75, 3.05) is 6.54 Å². The number of ether oxygens (including phenoxy) is 1. The van der Waals surface area contributed by atoms with E-state index in [1.165, 1.54) is 30.5 Å². The van der Waals surface area contributed by atoms with Crippen LogP contribution in [0.4, 0.5) is 10.5 Å². The van der Waals surface area contributed by atoms with E-state index in [0.717, 1.165) is 11.3 Å². The summed E-state index contributed by atoms with van der Waals surface area (Å²) in [7, 11) is 0. The first-order valence-corrected chi connectivity index (χ1v) is 15.2. The van der Waals surface area contributed by atoms with Gasteiger partial charge in [0.2, 0.25) is 23.5 Å². The molecule has 1 aromatic heterocycles. The zero-order valence-electron chi connectivity index (χ0n) is 25.0. The fourth-order valence-electron chi connectivity index (χ4n) is 4.68. The number of nitro groups is 1. The van der Waals surface area contributed by atoms with Gasteiger partial charge in [0, 0.05) is 36.2 Å². The molecule has 1 aliphatic heterocycles. The van der Waals surface area contributed by atoms with Crippen molar-refractivity contribution in [3.05, 3.63) is 56.5 Å². The number of benzene rings is 1. The molecule has 0 bridgehead atoms. The Bertz CT molecular complexity index is 1330. The SMILES string of the molecule is CC(C)C[C@@H](NC(=O)[C@H](NC(=O)OCc1ccc([N+](=O)[O-])cc1)C(C)C)C(=O)N[C@H](C[C@H]1CCNC1=O)C(=O)c1nccs1. The number of ketones is 1. The maximum atomic E-state index is 13.5. The minimum atomic E-state index is -1.06. The molecular weight excluding hydrogens is 592 g/mol. The fourth-order valence-corrected chi connectivity index (χ4v) is 5.31. The van der Waals surface area contributed by atoms with Crippen LogP contribution < -0.4 is 21.3 Å². The Hall–Kier alpha value is -4.40. The highest BCUT2D eigenvalue weighted by atomic mass is 32.1. The first-order valence-electron chi connectivity index (χ1n) is 14.3. The molecule has 4 atom stereocenters. The Labute approximate surface area is 258 Å². The Morgan fingerprint density at radius 2 is 1.75 bits per heavy atom. The predicted octanol–water partition coefficient (Wildman–Crippen LogP) is 2.73. The largest absolute Gasteiger partial charge is 0.445 e. The van der Waals surface area contributed by atoms with Gasteiger partial charge in [-0.15, -0.1) is 11.3 Å². The van der Waals surface area contributed by atoms with Crippen LogP contribution in [-0.2, 0) is 25.7 Å². The van der Waals surface area contributed by atoms with Gasteiger partial charge in [-0.3, -0.25) is 29.3 Å². The maximum absolute atomic E-state index is 13.5. The predicted molar refractivity (Wildman–Crippen MR) is 161 cm³/mol. The summed E-state index contributed by atoms with van der Waals surface area (Å²) in [5.41, 5.74) is 0.416. The third-order valence-electron chi connectivity index (χ3n) is 7.04.